The average Bonchev–Trinajstić information content (AvgIpc) is 2.85. The smallest absolute Gasteiger partial charge is 0.407 e. The van der Waals surface area contributed by atoms with Gasteiger partial charge in [0.2, 0.25) is 5.91 Å². The normalized spacial score (nSPS) is 16.0. The molecule has 1 aliphatic heterocycles. The molecule has 1 atom stereocenters. The van der Waals surface area contributed by atoms with Crippen LogP contribution in [0, 0.1) is 5.92 Å². The van der Waals surface area contributed by atoms with Gasteiger partial charge < -0.3 is 24.4 Å². The van der Waals surface area contributed by atoms with E-state index in [9.17, 15) is 19.2 Å². The van der Waals surface area contributed by atoms with Gasteiger partial charge in [-0.25, -0.2) is 4.79 Å². The van der Waals surface area contributed by atoms with Crippen LogP contribution >= 0.6 is 0 Å². The van der Waals surface area contributed by atoms with E-state index in [0.717, 1.165) is 5.56 Å². The fourth-order valence-corrected chi connectivity index (χ4v) is 3.45. The summed E-state index contributed by atoms with van der Waals surface area (Å²) in [5, 5.41) is 2.59. The van der Waals surface area contributed by atoms with Crippen LogP contribution < -0.4 is 5.32 Å². The minimum atomic E-state index is -0.587. The minimum absolute atomic E-state index is 0.0674. The lowest BCUT2D eigenvalue weighted by atomic mass is 10.1. The van der Waals surface area contributed by atoms with Crippen LogP contribution in [-0.4, -0.2) is 85.7 Å². The standard InChI is InChI=1S/C25H37N3O7/c1-4-23(30)34-18-21-14-28(13-12-27(21)15-24(31)33-16-19(2)3)22(29)10-11-26-25(32)35-17-20-8-6-5-7-9-20/h5-9,19,21H,4,10-18H2,1-3H3,(H,26,32). The molecule has 1 aliphatic rings. The van der Waals surface area contributed by atoms with E-state index in [1.807, 2.05) is 49.1 Å². The van der Waals surface area contributed by atoms with Crippen molar-refractivity contribution in [2.24, 2.45) is 5.92 Å². The van der Waals surface area contributed by atoms with Gasteiger partial charge in [-0.15, -0.1) is 0 Å². The van der Waals surface area contributed by atoms with E-state index in [4.69, 9.17) is 14.2 Å². The second-order valence-electron chi connectivity index (χ2n) is 8.82. The summed E-state index contributed by atoms with van der Waals surface area (Å²) in [6.45, 7) is 7.60. The number of rotatable bonds is 12. The Morgan fingerprint density at radius 3 is 2.46 bits per heavy atom. The molecule has 0 saturated carbocycles. The largest absolute Gasteiger partial charge is 0.464 e. The zero-order chi connectivity index (χ0) is 25.6. The lowest BCUT2D eigenvalue weighted by molar-refractivity contribution is -0.151. The Morgan fingerprint density at radius 2 is 1.77 bits per heavy atom. The number of hydrogen-bond acceptors (Lipinski definition) is 8. The Bertz CT molecular complexity index is 832. The number of benzene rings is 1. The first-order valence-electron chi connectivity index (χ1n) is 12.1. The molecule has 1 unspecified atom stereocenters. The summed E-state index contributed by atoms with van der Waals surface area (Å²) in [5.41, 5.74) is 0.875. The molecule has 2 amide bonds. The maximum absolute atomic E-state index is 12.7. The van der Waals surface area contributed by atoms with Gasteiger partial charge >= 0.3 is 18.0 Å². The predicted molar refractivity (Wildman–Crippen MR) is 128 cm³/mol. The van der Waals surface area contributed by atoms with Crippen molar-refractivity contribution in [2.75, 3.05) is 45.9 Å². The van der Waals surface area contributed by atoms with Gasteiger partial charge in [0.15, 0.2) is 0 Å². The fourth-order valence-electron chi connectivity index (χ4n) is 3.45. The van der Waals surface area contributed by atoms with E-state index in [1.54, 1.807) is 11.8 Å². The van der Waals surface area contributed by atoms with Crippen LogP contribution in [0.3, 0.4) is 0 Å². The third kappa shape index (κ3) is 10.8. The molecule has 2 rings (SSSR count). The van der Waals surface area contributed by atoms with Crippen LogP contribution in [0.25, 0.3) is 0 Å². The molecule has 0 radical (unpaired) electrons. The predicted octanol–water partition coefficient (Wildman–Crippen LogP) is 1.97. The molecule has 1 aromatic carbocycles. The number of amides is 2. The van der Waals surface area contributed by atoms with Crippen molar-refractivity contribution >= 4 is 23.9 Å². The lowest BCUT2D eigenvalue weighted by Crippen LogP contribution is -2.57. The highest BCUT2D eigenvalue weighted by molar-refractivity contribution is 5.77. The number of carbonyl (C=O) groups is 4. The van der Waals surface area contributed by atoms with E-state index in [0.29, 0.717) is 26.2 Å². The summed E-state index contributed by atoms with van der Waals surface area (Å²) in [4.78, 5) is 52.0. The minimum Gasteiger partial charge on any atom is -0.464 e. The number of carbonyl (C=O) groups excluding carboxylic acids is 4. The second-order valence-corrected chi connectivity index (χ2v) is 8.82. The SMILES string of the molecule is CCC(=O)OCC1CN(C(=O)CCNC(=O)OCc2ccccc2)CCN1CC(=O)OCC(C)C. The summed E-state index contributed by atoms with van der Waals surface area (Å²) < 4.78 is 15.7. The lowest BCUT2D eigenvalue weighted by Gasteiger charge is -2.40. The third-order valence-corrected chi connectivity index (χ3v) is 5.41. The highest BCUT2D eigenvalue weighted by Gasteiger charge is 2.31. The van der Waals surface area contributed by atoms with Crippen molar-refractivity contribution in [1.82, 2.24) is 15.1 Å². The van der Waals surface area contributed by atoms with E-state index < -0.39 is 6.09 Å². The summed E-state index contributed by atoms with van der Waals surface area (Å²) in [6.07, 6.45) is -0.230. The quantitative estimate of drug-likeness (QED) is 0.349. The van der Waals surface area contributed by atoms with Gasteiger partial charge in [0.25, 0.3) is 0 Å². The average molecular weight is 492 g/mol. The maximum Gasteiger partial charge on any atom is 0.407 e. The number of hydrogen-bond donors (Lipinski definition) is 1. The first-order chi connectivity index (χ1) is 16.8. The van der Waals surface area contributed by atoms with Gasteiger partial charge in [-0.1, -0.05) is 51.1 Å². The van der Waals surface area contributed by atoms with Crippen LogP contribution in [0.4, 0.5) is 4.79 Å². The first-order valence-corrected chi connectivity index (χ1v) is 12.1. The fraction of sp³-hybridized carbons (Fsp3) is 0.600. The molecular weight excluding hydrogens is 454 g/mol. The van der Waals surface area contributed by atoms with Gasteiger partial charge in [-0.3, -0.25) is 19.3 Å². The van der Waals surface area contributed by atoms with Crippen molar-refractivity contribution in [3.63, 3.8) is 0 Å². The Balaban J connectivity index is 1.80. The van der Waals surface area contributed by atoms with Crippen molar-refractivity contribution in [3.05, 3.63) is 35.9 Å². The second kappa shape index (κ2) is 15.0. The number of piperazine rings is 1. The van der Waals surface area contributed by atoms with Crippen LogP contribution in [0.1, 0.15) is 39.2 Å². The summed E-state index contributed by atoms with van der Waals surface area (Å²) in [5.74, 6) is -0.585. The van der Waals surface area contributed by atoms with Gasteiger partial charge in [-0.05, 0) is 11.5 Å². The molecule has 0 aliphatic carbocycles. The number of nitrogens with one attached hydrogen (secondary N) is 1. The van der Waals surface area contributed by atoms with Crippen molar-refractivity contribution in [1.29, 1.82) is 0 Å². The molecule has 1 saturated heterocycles. The number of esters is 2. The summed E-state index contributed by atoms with van der Waals surface area (Å²) in [6, 6.07) is 8.99. The molecule has 0 aromatic heterocycles. The zero-order valence-corrected chi connectivity index (χ0v) is 20.9. The Morgan fingerprint density at radius 1 is 1.03 bits per heavy atom. The molecule has 1 heterocycles. The van der Waals surface area contributed by atoms with E-state index >= 15 is 0 Å². The van der Waals surface area contributed by atoms with E-state index in [-0.39, 0.29) is 69.0 Å². The Labute approximate surface area is 206 Å². The third-order valence-electron chi connectivity index (χ3n) is 5.41. The van der Waals surface area contributed by atoms with Crippen molar-refractivity contribution in [2.45, 2.75) is 46.3 Å². The van der Waals surface area contributed by atoms with Crippen LogP contribution in [0.2, 0.25) is 0 Å². The van der Waals surface area contributed by atoms with Gasteiger partial charge in [0.05, 0.1) is 19.2 Å². The topological polar surface area (TPSA) is 114 Å². The molecule has 35 heavy (non-hydrogen) atoms. The molecule has 0 spiro atoms. The highest BCUT2D eigenvalue weighted by Crippen LogP contribution is 2.13. The summed E-state index contributed by atoms with van der Waals surface area (Å²) >= 11 is 0. The number of alkyl carbamates (subject to hydrolysis) is 1. The van der Waals surface area contributed by atoms with Crippen LogP contribution in [-0.2, 0) is 35.2 Å². The molecule has 1 N–H and O–H groups in total. The van der Waals surface area contributed by atoms with Crippen molar-refractivity contribution < 1.29 is 33.4 Å². The molecule has 10 nitrogen and oxygen atoms in total. The molecular formula is C25H37N3O7. The van der Waals surface area contributed by atoms with Gasteiger partial charge in [0, 0.05) is 39.0 Å². The Hall–Kier alpha value is -3.14. The molecule has 194 valence electrons. The molecule has 0 bridgehead atoms. The number of nitrogens with zero attached hydrogens (tertiary/aromatic N) is 2. The van der Waals surface area contributed by atoms with Crippen molar-refractivity contribution in [3.8, 4) is 0 Å². The molecule has 1 fully saturated rings. The molecule has 1 aromatic rings. The van der Waals surface area contributed by atoms with Crippen LogP contribution in [0.5, 0.6) is 0 Å². The zero-order valence-electron chi connectivity index (χ0n) is 20.9. The number of ether oxygens (including phenoxy) is 3. The summed E-state index contributed by atoms with van der Waals surface area (Å²) in [7, 11) is 0. The van der Waals surface area contributed by atoms with Crippen LogP contribution in [0.15, 0.2) is 30.3 Å². The monoisotopic (exact) mass is 491 g/mol. The Kier molecular flexibility index (Phi) is 12.0. The van der Waals surface area contributed by atoms with E-state index in [2.05, 4.69) is 5.32 Å². The first kappa shape index (κ1) is 28.1. The van der Waals surface area contributed by atoms with Gasteiger partial charge in [0.1, 0.15) is 13.2 Å². The highest BCUT2D eigenvalue weighted by atomic mass is 16.5. The van der Waals surface area contributed by atoms with Gasteiger partial charge in [-0.2, -0.15) is 0 Å². The maximum atomic E-state index is 12.7. The molecule has 10 heteroatoms. The van der Waals surface area contributed by atoms with E-state index in [1.165, 1.54) is 0 Å².